The summed E-state index contributed by atoms with van der Waals surface area (Å²) in [6, 6.07) is 16.9. The molecule has 2 rings (SSSR count). The first-order chi connectivity index (χ1) is 8.94. The minimum Gasteiger partial charge on any atom is -0.326 e. The Balaban J connectivity index is 0.000000399. The second-order valence-electron chi connectivity index (χ2n) is 3.41. The van der Waals surface area contributed by atoms with Gasteiger partial charge < -0.3 is 9.79 Å². The van der Waals surface area contributed by atoms with Gasteiger partial charge in [-0.2, -0.15) is 0 Å². The first kappa shape index (κ1) is 15.6. The smallest absolute Gasteiger partial charge is 0.314 e. The molecule has 0 spiro atoms. The first-order valence-corrected chi connectivity index (χ1v) is 8.00. The van der Waals surface area contributed by atoms with Crippen molar-refractivity contribution in [3.05, 3.63) is 60.7 Å². The predicted molar refractivity (Wildman–Crippen MR) is 71.8 cm³/mol. The Morgan fingerprint density at radius 1 is 0.737 bits per heavy atom. The van der Waals surface area contributed by atoms with E-state index in [0.29, 0.717) is 9.79 Å². The third kappa shape index (κ3) is 4.96. The summed E-state index contributed by atoms with van der Waals surface area (Å²) in [5.74, 6) is 0. The van der Waals surface area contributed by atoms with Crippen LogP contribution in [0.1, 0.15) is 0 Å². The van der Waals surface area contributed by atoms with Crippen molar-refractivity contribution < 1.29 is 22.8 Å². The third-order valence-electron chi connectivity index (χ3n) is 2.11. The van der Waals surface area contributed by atoms with Crippen LogP contribution in [0.2, 0.25) is 0 Å². The Bertz CT molecular complexity index is 576. The molecule has 7 heteroatoms. The van der Waals surface area contributed by atoms with E-state index in [2.05, 4.69) is 0 Å². The van der Waals surface area contributed by atoms with E-state index in [-0.39, 0.29) is 0 Å². The molecule has 2 aromatic rings. The third-order valence-corrected chi connectivity index (χ3v) is 3.89. The van der Waals surface area contributed by atoms with Crippen LogP contribution in [-0.2, 0) is 14.4 Å². The van der Waals surface area contributed by atoms with E-state index in [1.165, 1.54) is 0 Å². The van der Waals surface area contributed by atoms with Gasteiger partial charge in [0, 0.05) is 0 Å². The molecule has 0 aromatic heterocycles. The Kier molecular flexibility index (Phi) is 5.92. The number of rotatable bonds is 2. The lowest BCUT2D eigenvalue weighted by molar-refractivity contribution is 0.405. The molecule has 2 aromatic carbocycles. The van der Waals surface area contributed by atoms with E-state index in [0.717, 1.165) is 0 Å². The molecular weight excluding hydrogens is 287 g/mol. The zero-order valence-electron chi connectivity index (χ0n) is 9.80. The van der Waals surface area contributed by atoms with E-state index < -0.39 is 18.1 Å². The minimum atomic E-state index is -3.34. The molecule has 0 aliphatic carbocycles. The zero-order valence-corrected chi connectivity index (χ0v) is 11.6. The number of hydrogen-bond donors (Lipinski definition) is 2. The van der Waals surface area contributed by atoms with E-state index in [1.54, 1.807) is 60.7 Å². The van der Waals surface area contributed by atoms with Crippen molar-refractivity contribution in [2.45, 2.75) is 9.79 Å². The molecule has 0 fully saturated rings. The maximum Gasteiger partial charge on any atom is 0.314 e. The van der Waals surface area contributed by atoms with Crippen LogP contribution in [0.5, 0.6) is 0 Å². The van der Waals surface area contributed by atoms with Crippen LogP contribution >= 0.6 is 8.25 Å². The maximum absolute atomic E-state index is 12.0. The van der Waals surface area contributed by atoms with Crippen LogP contribution in [-0.4, -0.2) is 18.2 Å². The highest BCUT2D eigenvalue weighted by molar-refractivity contribution is 7.91. The molecule has 0 radical (unpaired) electrons. The fourth-order valence-corrected chi connectivity index (χ4v) is 2.64. The molecule has 0 atom stereocenters. The Morgan fingerprint density at radius 2 is 1.00 bits per heavy atom. The first-order valence-electron chi connectivity index (χ1n) is 5.21. The predicted octanol–water partition coefficient (Wildman–Crippen LogP) is 1.88. The standard InChI is InChI=1S/C12H10O2S.H3O3P/c13-15(14,11-7-3-1-4-8-11)12-9-5-2-6-10-12;1-4(2)3/h1-10H;4H,(H2,1,2,3). The van der Waals surface area contributed by atoms with Gasteiger partial charge in [0.15, 0.2) is 0 Å². The Hall–Kier alpha value is -1.46. The van der Waals surface area contributed by atoms with Crippen LogP contribution in [0.15, 0.2) is 70.5 Å². The molecule has 0 amide bonds. The monoisotopic (exact) mass is 300 g/mol. The topological polar surface area (TPSA) is 91.7 Å². The molecule has 0 unspecified atom stereocenters. The van der Waals surface area contributed by atoms with Gasteiger partial charge >= 0.3 is 8.25 Å². The van der Waals surface area contributed by atoms with Gasteiger partial charge in [-0.1, -0.05) is 36.4 Å². The quantitative estimate of drug-likeness (QED) is 0.826. The van der Waals surface area contributed by atoms with E-state index >= 15 is 0 Å². The maximum atomic E-state index is 12.0. The molecule has 0 saturated heterocycles. The molecule has 0 saturated carbocycles. The fourth-order valence-electron chi connectivity index (χ4n) is 1.34. The summed E-state index contributed by atoms with van der Waals surface area (Å²) in [7, 11) is -6.47. The Morgan fingerprint density at radius 3 is 1.26 bits per heavy atom. The molecule has 0 heterocycles. The highest BCUT2D eigenvalue weighted by Gasteiger charge is 2.15. The number of sulfone groups is 1. The van der Waals surface area contributed by atoms with Gasteiger partial charge in [-0.25, -0.2) is 8.42 Å². The van der Waals surface area contributed by atoms with Crippen molar-refractivity contribution in [1.29, 1.82) is 0 Å². The van der Waals surface area contributed by atoms with Crippen LogP contribution in [0.3, 0.4) is 0 Å². The second kappa shape index (κ2) is 7.21. The van der Waals surface area contributed by atoms with Crippen molar-refractivity contribution in [3.63, 3.8) is 0 Å². The highest BCUT2D eigenvalue weighted by Crippen LogP contribution is 2.19. The lowest BCUT2D eigenvalue weighted by atomic mass is 10.4. The molecule has 0 aliphatic heterocycles. The highest BCUT2D eigenvalue weighted by atomic mass is 32.2. The van der Waals surface area contributed by atoms with Crippen molar-refractivity contribution >= 4 is 18.1 Å². The van der Waals surface area contributed by atoms with Crippen molar-refractivity contribution in [3.8, 4) is 0 Å². The van der Waals surface area contributed by atoms with E-state index in [1.807, 2.05) is 0 Å². The molecule has 102 valence electrons. The SMILES string of the molecule is O=S(=O)(c1ccccc1)c1ccccc1.O=[PH](O)O. The summed E-state index contributed by atoms with van der Waals surface area (Å²) in [4.78, 5) is 15.0. The van der Waals surface area contributed by atoms with Crippen molar-refractivity contribution in [2.24, 2.45) is 0 Å². The number of hydrogen-bond acceptors (Lipinski definition) is 3. The molecule has 2 N–H and O–H groups in total. The zero-order chi connectivity index (χ0) is 14.3. The summed E-state index contributed by atoms with van der Waals surface area (Å²) >= 11 is 0. The van der Waals surface area contributed by atoms with E-state index in [4.69, 9.17) is 14.4 Å². The fraction of sp³-hybridized carbons (Fsp3) is 0. The van der Waals surface area contributed by atoms with Crippen molar-refractivity contribution in [1.82, 2.24) is 0 Å². The van der Waals surface area contributed by atoms with Crippen LogP contribution in [0.25, 0.3) is 0 Å². The molecule has 5 nitrogen and oxygen atoms in total. The largest absolute Gasteiger partial charge is 0.326 e. The van der Waals surface area contributed by atoms with Gasteiger partial charge in [-0.05, 0) is 24.3 Å². The lowest BCUT2D eigenvalue weighted by Crippen LogP contribution is -2.00. The molecule has 0 bridgehead atoms. The number of benzene rings is 2. The normalized spacial score (nSPS) is 10.7. The summed E-state index contributed by atoms with van der Waals surface area (Å²) in [6.07, 6.45) is 0. The molecule has 0 aliphatic rings. The Labute approximate surface area is 112 Å². The second-order valence-corrected chi connectivity index (χ2v) is 5.93. The van der Waals surface area contributed by atoms with Crippen LogP contribution in [0, 0.1) is 0 Å². The van der Waals surface area contributed by atoms with E-state index in [9.17, 15) is 8.42 Å². The van der Waals surface area contributed by atoms with Gasteiger partial charge in [-0.3, -0.25) is 4.57 Å². The summed E-state index contributed by atoms with van der Waals surface area (Å²) < 4.78 is 32.8. The average Bonchev–Trinajstić information content (AvgIpc) is 2.40. The lowest BCUT2D eigenvalue weighted by Gasteiger charge is -2.03. The van der Waals surface area contributed by atoms with Gasteiger partial charge in [-0.15, -0.1) is 0 Å². The molecular formula is C12H13O5PS. The van der Waals surface area contributed by atoms with Crippen LogP contribution in [0.4, 0.5) is 0 Å². The van der Waals surface area contributed by atoms with Crippen LogP contribution < -0.4 is 0 Å². The summed E-state index contributed by atoms with van der Waals surface area (Å²) in [5, 5.41) is 0. The average molecular weight is 300 g/mol. The van der Waals surface area contributed by atoms with Gasteiger partial charge in [0.2, 0.25) is 9.84 Å². The molecule has 19 heavy (non-hydrogen) atoms. The minimum absolute atomic E-state index is 0.330. The van der Waals surface area contributed by atoms with Gasteiger partial charge in [0.1, 0.15) is 0 Å². The van der Waals surface area contributed by atoms with Gasteiger partial charge in [0.25, 0.3) is 0 Å². The van der Waals surface area contributed by atoms with Crippen molar-refractivity contribution in [2.75, 3.05) is 0 Å². The summed E-state index contributed by atoms with van der Waals surface area (Å²) in [5.41, 5.74) is 0. The summed E-state index contributed by atoms with van der Waals surface area (Å²) in [6.45, 7) is 0. The van der Waals surface area contributed by atoms with Gasteiger partial charge in [0.05, 0.1) is 9.79 Å².